The van der Waals surface area contributed by atoms with Crippen molar-refractivity contribution in [2.45, 2.75) is 57.9 Å². The molecule has 0 unspecified atom stereocenters. The molecule has 1 saturated carbocycles. The first kappa shape index (κ1) is 14.9. The number of hydrogen-bond acceptors (Lipinski definition) is 3. The molecule has 0 aromatic carbocycles. The average molecular weight is 263 g/mol. The predicted molar refractivity (Wildman–Crippen MR) is 69.7 cm³/mol. The van der Waals surface area contributed by atoms with E-state index in [0.717, 1.165) is 25.3 Å². The van der Waals surface area contributed by atoms with Crippen LogP contribution in [0.4, 0.5) is 0 Å². The van der Waals surface area contributed by atoms with Gasteiger partial charge < -0.3 is 5.32 Å². The molecule has 1 aliphatic rings. The molecule has 1 rings (SSSR count). The summed E-state index contributed by atoms with van der Waals surface area (Å²) >= 11 is 0. The van der Waals surface area contributed by atoms with Crippen LogP contribution in [-0.2, 0) is 10.1 Å². The minimum atomic E-state index is -3.76. The van der Waals surface area contributed by atoms with Gasteiger partial charge in [0.25, 0.3) is 10.1 Å². The molecule has 0 bridgehead atoms. The lowest BCUT2D eigenvalue weighted by atomic mass is 9.77. The van der Waals surface area contributed by atoms with E-state index >= 15 is 0 Å². The van der Waals surface area contributed by atoms with E-state index in [-0.39, 0.29) is 5.75 Å². The van der Waals surface area contributed by atoms with E-state index in [0.29, 0.717) is 12.5 Å². The van der Waals surface area contributed by atoms with E-state index < -0.39 is 10.1 Å². The highest BCUT2D eigenvalue weighted by atomic mass is 32.2. The third-order valence-electron chi connectivity index (χ3n) is 3.44. The van der Waals surface area contributed by atoms with Gasteiger partial charge >= 0.3 is 0 Å². The van der Waals surface area contributed by atoms with Crippen molar-refractivity contribution in [1.82, 2.24) is 5.32 Å². The lowest BCUT2D eigenvalue weighted by Crippen LogP contribution is -2.41. The van der Waals surface area contributed by atoms with Crippen LogP contribution in [-0.4, -0.2) is 31.3 Å². The third-order valence-corrected chi connectivity index (χ3v) is 4.25. The van der Waals surface area contributed by atoms with Gasteiger partial charge in [0.2, 0.25) is 0 Å². The highest BCUT2D eigenvalue weighted by Crippen LogP contribution is 2.31. The molecule has 4 nitrogen and oxygen atoms in total. The van der Waals surface area contributed by atoms with E-state index in [1.54, 1.807) is 0 Å². The summed E-state index contributed by atoms with van der Waals surface area (Å²) in [6.45, 7) is 3.20. The molecule has 0 spiro atoms. The molecule has 0 amide bonds. The van der Waals surface area contributed by atoms with Crippen LogP contribution in [0.5, 0.6) is 0 Å². The summed E-state index contributed by atoms with van der Waals surface area (Å²) in [5.41, 5.74) is 0. The average Bonchev–Trinajstić information content (AvgIpc) is 2.17. The molecular weight excluding hydrogens is 238 g/mol. The highest BCUT2D eigenvalue weighted by molar-refractivity contribution is 7.85. The Kier molecular flexibility index (Phi) is 6.44. The van der Waals surface area contributed by atoms with Crippen LogP contribution in [0.1, 0.15) is 51.9 Å². The van der Waals surface area contributed by atoms with Crippen LogP contribution < -0.4 is 5.32 Å². The second-order valence-corrected chi connectivity index (χ2v) is 6.70. The Labute approximate surface area is 105 Å². The van der Waals surface area contributed by atoms with Gasteiger partial charge in [-0.2, -0.15) is 8.42 Å². The van der Waals surface area contributed by atoms with E-state index in [1.165, 1.54) is 25.7 Å². The van der Waals surface area contributed by atoms with Gasteiger partial charge in [0.05, 0.1) is 5.75 Å². The lowest BCUT2D eigenvalue weighted by Gasteiger charge is -2.36. The van der Waals surface area contributed by atoms with Gasteiger partial charge in [-0.3, -0.25) is 4.55 Å². The normalized spacial score (nSPS) is 24.6. The Balaban J connectivity index is 1.86. The minimum absolute atomic E-state index is 0.102. The number of unbranched alkanes of at least 4 members (excludes halogenated alkanes) is 2. The fourth-order valence-electron chi connectivity index (χ4n) is 2.44. The quantitative estimate of drug-likeness (QED) is 0.494. The van der Waals surface area contributed by atoms with Crippen molar-refractivity contribution in [2.24, 2.45) is 5.92 Å². The van der Waals surface area contributed by atoms with Gasteiger partial charge in [0.1, 0.15) is 0 Å². The summed E-state index contributed by atoms with van der Waals surface area (Å²) in [5.74, 6) is 0.826. The first-order valence-electron chi connectivity index (χ1n) is 6.70. The zero-order valence-electron chi connectivity index (χ0n) is 10.7. The molecule has 1 aliphatic carbocycles. The molecule has 2 N–H and O–H groups in total. The van der Waals surface area contributed by atoms with E-state index in [9.17, 15) is 8.42 Å². The Morgan fingerprint density at radius 1 is 1.24 bits per heavy atom. The van der Waals surface area contributed by atoms with Crippen molar-refractivity contribution in [3.63, 3.8) is 0 Å². The Hall–Kier alpha value is -0.130. The molecule has 0 heterocycles. The van der Waals surface area contributed by atoms with Crippen LogP contribution in [0.25, 0.3) is 0 Å². The third kappa shape index (κ3) is 7.01. The van der Waals surface area contributed by atoms with Crippen LogP contribution in [0.2, 0.25) is 0 Å². The minimum Gasteiger partial charge on any atom is -0.314 e. The molecule has 5 heteroatoms. The van der Waals surface area contributed by atoms with Gasteiger partial charge in [-0.1, -0.05) is 26.2 Å². The van der Waals surface area contributed by atoms with Crippen molar-refractivity contribution in [1.29, 1.82) is 0 Å². The van der Waals surface area contributed by atoms with E-state index in [4.69, 9.17) is 4.55 Å². The molecule has 102 valence electrons. The molecule has 0 aromatic rings. The van der Waals surface area contributed by atoms with Crippen LogP contribution in [0.15, 0.2) is 0 Å². The number of nitrogens with one attached hydrogen (secondary N) is 1. The topological polar surface area (TPSA) is 66.4 Å². The summed E-state index contributed by atoms with van der Waals surface area (Å²) in [7, 11) is -3.76. The fraction of sp³-hybridized carbons (Fsp3) is 1.00. The zero-order valence-corrected chi connectivity index (χ0v) is 11.5. The Morgan fingerprint density at radius 3 is 2.53 bits per heavy atom. The lowest BCUT2D eigenvalue weighted by molar-refractivity contribution is 0.209. The Bertz CT molecular complexity index is 297. The van der Waals surface area contributed by atoms with Gasteiger partial charge in [-0.25, -0.2) is 0 Å². The zero-order chi connectivity index (χ0) is 12.7. The van der Waals surface area contributed by atoms with Gasteiger partial charge in [0.15, 0.2) is 0 Å². The van der Waals surface area contributed by atoms with E-state index in [2.05, 4.69) is 12.2 Å². The monoisotopic (exact) mass is 263 g/mol. The summed E-state index contributed by atoms with van der Waals surface area (Å²) in [6.07, 6.45) is 7.66. The number of hydrogen-bond donors (Lipinski definition) is 2. The summed E-state index contributed by atoms with van der Waals surface area (Å²) in [5, 5.41) is 3.49. The second-order valence-electron chi connectivity index (χ2n) is 5.12. The molecule has 0 aliphatic heterocycles. The summed E-state index contributed by atoms with van der Waals surface area (Å²) in [6, 6.07) is 0.688. The van der Waals surface area contributed by atoms with Crippen molar-refractivity contribution in [3.05, 3.63) is 0 Å². The Morgan fingerprint density at radius 2 is 1.94 bits per heavy atom. The van der Waals surface area contributed by atoms with Gasteiger partial charge in [-0.05, 0) is 38.1 Å². The highest BCUT2D eigenvalue weighted by Gasteiger charge is 2.27. The second kappa shape index (κ2) is 7.34. The van der Waals surface area contributed by atoms with Crippen molar-refractivity contribution < 1.29 is 13.0 Å². The van der Waals surface area contributed by atoms with Gasteiger partial charge in [0, 0.05) is 6.04 Å². The largest absolute Gasteiger partial charge is 0.314 e. The number of rotatable bonds is 9. The molecule has 1 fully saturated rings. The summed E-state index contributed by atoms with van der Waals surface area (Å²) < 4.78 is 29.5. The van der Waals surface area contributed by atoms with Crippen LogP contribution >= 0.6 is 0 Å². The predicted octanol–water partition coefficient (Wildman–Crippen LogP) is 2.21. The van der Waals surface area contributed by atoms with Crippen molar-refractivity contribution in [3.8, 4) is 0 Å². The van der Waals surface area contributed by atoms with Crippen molar-refractivity contribution >= 4 is 10.1 Å². The maximum Gasteiger partial charge on any atom is 0.264 e. The first-order chi connectivity index (χ1) is 8.01. The molecule has 0 radical (unpaired) electrons. The fourth-order valence-corrected chi connectivity index (χ4v) is 3.01. The molecule has 0 atom stereocenters. The van der Waals surface area contributed by atoms with E-state index in [1.807, 2.05) is 0 Å². The molecule has 0 aromatic heterocycles. The van der Waals surface area contributed by atoms with Crippen LogP contribution in [0.3, 0.4) is 0 Å². The standard InChI is InChI=1S/C12H25NO3S/c1-2-6-11-9-12(10-11)13-7-4-3-5-8-17(14,15)16/h11-13H,2-10H2,1H3,(H,14,15,16). The van der Waals surface area contributed by atoms with Crippen molar-refractivity contribution in [2.75, 3.05) is 12.3 Å². The van der Waals surface area contributed by atoms with Crippen LogP contribution in [0, 0.1) is 5.92 Å². The molecule has 0 saturated heterocycles. The molecule has 17 heavy (non-hydrogen) atoms. The van der Waals surface area contributed by atoms with Gasteiger partial charge in [-0.15, -0.1) is 0 Å². The first-order valence-corrected chi connectivity index (χ1v) is 8.30. The molecular formula is C12H25NO3S. The maximum atomic E-state index is 10.5. The smallest absolute Gasteiger partial charge is 0.264 e. The maximum absolute atomic E-state index is 10.5. The SMILES string of the molecule is CCCC1CC(NCCCCCS(=O)(=O)O)C1. The summed E-state index contributed by atoms with van der Waals surface area (Å²) in [4.78, 5) is 0.